The zero-order valence-electron chi connectivity index (χ0n) is 10.9. The number of alkyl halides is 1. The van der Waals surface area contributed by atoms with Gasteiger partial charge in [-0.1, -0.05) is 15.9 Å². The molecule has 0 aliphatic carbocycles. The summed E-state index contributed by atoms with van der Waals surface area (Å²) >= 11 is 3.13. The van der Waals surface area contributed by atoms with Crippen molar-refractivity contribution in [3.05, 3.63) is 34.4 Å². The van der Waals surface area contributed by atoms with Crippen LogP contribution >= 0.6 is 15.9 Å². The number of rotatable bonds is 6. The number of aliphatic hydroxyl groups excluding tert-OH is 2. The fourth-order valence-electron chi connectivity index (χ4n) is 2.03. The Labute approximate surface area is 120 Å². The first-order valence-corrected chi connectivity index (χ1v) is 7.05. The van der Waals surface area contributed by atoms with E-state index in [-0.39, 0.29) is 23.3 Å². The van der Waals surface area contributed by atoms with E-state index >= 15 is 0 Å². The third-order valence-corrected chi connectivity index (χ3v) is 3.40. The Morgan fingerprint density at radius 3 is 2.16 bits per heavy atom. The van der Waals surface area contributed by atoms with E-state index in [1.165, 1.54) is 0 Å². The van der Waals surface area contributed by atoms with Crippen LogP contribution in [0.5, 0.6) is 0 Å². The van der Waals surface area contributed by atoms with Crippen molar-refractivity contribution in [2.45, 2.75) is 26.4 Å². The monoisotopic (exact) mass is 328 g/mol. The Bertz CT molecular complexity index is 473. The summed E-state index contributed by atoms with van der Waals surface area (Å²) in [5, 5.41) is 18.3. The molecule has 1 aromatic rings. The Morgan fingerprint density at radius 2 is 1.74 bits per heavy atom. The zero-order chi connectivity index (χ0) is 14.6. The standard InChI is InChI=1S/C14H17BrO4/c1-8-3-10(12(18)5-11(17)7-16)4-9(2)14(8)13(19)6-15/h3-4,11,16-17H,5-7H2,1-2H3. The highest BCUT2D eigenvalue weighted by Crippen LogP contribution is 2.19. The molecule has 19 heavy (non-hydrogen) atoms. The average molecular weight is 329 g/mol. The molecule has 0 amide bonds. The molecule has 2 N–H and O–H groups in total. The van der Waals surface area contributed by atoms with Gasteiger partial charge in [-0.05, 0) is 37.1 Å². The molecule has 0 saturated heterocycles. The number of hydrogen-bond donors (Lipinski definition) is 2. The lowest BCUT2D eigenvalue weighted by molar-refractivity contribution is 0.0703. The van der Waals surface area contributed by atoms with Gasteiger partial charge in [-0.3, -0.25) is 9.59 Å². The van der Waals surface area contributed by atoms with E-state index in [0.29, 0.717) is 11.1 Å². The fraction of sp³-hybridized carbons (Fsp3) is 0.429. The van der Waals surface area contributed by atoms with Crippen LogP contribution in [0.4, 0.5) is 0 Å². The Kier molecular flexibility index (Phi) is 5.85. The van der Waals surface area contributed by atoms with Gasteiger partial charge in [0.15, 0.2) is 11.6 Å². The summed E-state index contributed by atoms with van der Waals surface area (Å²) in [5.41, 5.74) is 2.56. The molecule has 0 aliphatic heterocycles. The Hall–Kier alpha value is -1.04. The third kappa shape index (κ3) is 3.96. The second-order valence-corrected chi connectivity index (χ2v) is 5.07. The first kappa shape index (κ1) is 16.0. The average Bonchev–Trinajstić information content (AvgIpc) is 2.37. The summed E-state index contributed by atoms with van der Waals surface area (Å²) < 4.78 is 0. The van der Waals surface area contributed by atoms with Crippen LogP contribution in [0.15, 0.2) is 12.1 Å². The third-order valence-electron chi connectivity index (χ3n) is 2.89. The highest BCUT2D eigenvalue weighted by atomic mass is 79.9. The van der Waals surface area contributed by atoms with Gasteiger partial charge in [-0.15, -0.1) is 0 Å². The number of ketones is 2. The molecule has 0 heterocycles. The van der Waals surface area contributed by atoms with Crippen molar-refractivity contribution in [1.29, 1.82) is 0 Å². The van der Waals surface area contributed by atoms with E-state index < -0.39 is 12.7 Å². The van der Waals surface area contributed by atoms with Gasteiger partial charge in [0.25, 0.3) is 0 Å². The lowest BCUT2D eigenvalue weighted by atomic mass is 9.94. The minimum atomic E-state index is -1.04. The van der Waals surface area contributed by atoms with Crippen LogP contribution in [0.1, 0.15) is 38.3 Å². The topological polar surface area (TPSA) is 74.6 Å². The number of carbonyl (C=O) groups excluding carboxylic acids is 2. The number of hydrogen-bond acceptors (Lipinski definition) is 4. The maximum Gasteiger partial charge on any atom is 0.173 e. The van der Waals surface area contributed by atoms with Crippen LogP contribution in [0, 0.1) is 13.8 Å². The fourth-order valence-corrected chi connectivity index (χ4v) is 2.31. The predicted octanol–water partition coefficient (Wildman–Crippen LogP) is 1.81. The van der Waals surface area contributed by atoms with E-state index in [1.54, 1.807) is 26.0 Å². The Morgan fingerprint density at radius 1 is 1.21 bits per heavy atom. The van der Waals surface area contributed by atoms with Gasteiger partial charge in [-0.25, -0.2) is 0 Å². The SMILES string of the molecule is Cc1cc(C(=O)CC(O)CO)cc(C)c1C(=O)CBr. The minimum absolute atomic E-state index is 0.0237. The van der Waals surface area contributed by atoms with Gasteiger partial charge >= 0.3 is 0 Å². The van der Waals surface area contributed by atoms with Crippen molar-refractivity contribution in [3.63, 3.8) is 0 Å². The van der Waals surface area contributed by atoms with Crippen LogP contribution in [0.2, 0.25) is 0 Å². The molecule has 0 spiro atoms. The summed E-state index contributed by atoms with van der Waals surface area (Å²) in [7, 11) is 0. The largest absolute Gasteiger partial charge is 0.394 e. The maximum atomic E-state index is 11.9. The summed E-state index contributed by atoms with van der Waals surface area (Å²) in [6.45, 7) is 3.12. The van der Waals surface area contributed by atoms with Gasteiger partial charge in [0.2, 0.25) is 0 Å². The molecule has 0 aliphatic rings. The van der Waals surface area contributed by atoms with Crippen LogP contribution in [-0.4, -0.2) is 39.8 Å². The molecule has 0 radical (unpaired) electrons. The molecule has 104 valence electrons. The second kappa shape index (κ2) is 6.93. The van der Waals surface area contributed by atoms with Gasteiger partial charge in [-0.2, -0.15) is 0 Å². The van der Waals surface area contributed by atoms with Crippen molar-refractivity contribution in [3.8, 4) is 0 Å². The van der Waals surface area contributed by atoms with E-state index in [1.807, 2.05) is 0 Å². The van der Waals surface area contributed by atoms with Crippen molar-refractivity contribution < 1.29 is 19.8 Å². The molecule has 0 bridgehead atoms. The highest BCUT2D eigenvalue weighted by Gasteiger charge is 2.17. The zero-order valence-corrected chi connectivity index (χ0v) is 12.5. The maximum absolute atomic E-state index is 11.9. The second-order valence-electron chi connectivity index (χ2n) is 4.51. The van der Waals surface area contributed by atoms with Crippen LogP contribution < -0.4 is 0 Å². The molecule has 0 aromatic heterocycles. The first-order valence-electron chi connectivity index (χ1n) is 5.93. The van der Waals surface area contributed by atoms with Gasteiger partial charge < -0.3 is 10.2 Å². The van der Waals surface area contributed by atoms with Crippen LogP contribution in [0.25, 0.3) is 0 Å². The number of Topliss-reactive ketones (excluding diaryl/α,β-unsaturated/α-hetero) is 2. The Balaban J connectivity index is 3.07. The van der Waals surface area contributed by atoms with Crippen LogP contribution in [-0.2, 0) is 0 Å². The van der Waals surface area contributed by atoms with Crippen molar-refractivity contribution in [2.75, 3.05) is 11.9 Å². The molecule has 1 rings (SSSR count). The molecule has 4 nitrogen and oxygen atoms in total. The number of aliphatic hydroxyl groups is 2. The lowest BCUT2D eigenvalue weighted by Crippen LogP contribution is -2.18. The van der Waals surface area contributed by atoms with E-state index in [9.17, 15) is 14.7 Å². The van der Waals surface area contributed by atoms with E-state index in [2.05, 4.69) is 15.9 Å². The molecular formula is C14H17BrO4. The normalized spacial score (nSPS) is 12.3. The summed E-state index contributed by atoms with van der Waals surface area (Å²) in [6, 6.07) is 3.30. The molecule has 1 aromatic carbocycles. The molecule has 0 saturated carbocycles. The quantitative estimate of drug-likeness (QED) is 0.617. The molecular weight excluding hydrogens is 312 g/mol. The lowest BCUT2D eigenvalue weighted by Gasteiger charge is -2.11. The number of benzene rings is 1. The minimum Gasteiger partial charge on any atom is -0.394 e. The predicted molar refractivity (Wildman–Crippen MR) is 76.1 cm³/mol. The molecule has 1 atom stereocenters. The molecule has 0 fully saturated rings. The van der Waals surface area contributed by atoms with Crippen molar-refractivity contribution in [1.82, 2.24) is 0 Å². The number of aryl methyl sites for hydroxylation is 2. The van der Waals surface area contributed by atoms with Gasteiger partial charge in [0, 0.05) is 17.5 Å². The van der Waals surface area contributed by atoms with Gasteiger partial charge in [0.05, 0.1) is 18.0 Å². The van der Waals surface area contributed by atoms with Crippen molar-refractivity contribution >= 4 is 27.5 Å². The summed E-state index contributed by atoms with van der Waals surface area (Å²) in [6.07, 6.45) is -1.17. The summed E-state index contributed by atoms with van der Waals surface area (Å²) in [5.74, 6) is -0.269. The van der Waals surface area contributed by atoms with E-state index in [0.717, 1.165) is 11.1 Å². The molecule has 1 unspecified atom stereocenters. The smallest absolute Gasteiger partial charge is 0.173 e. The summed E-state index contributed by atoms with van der Waals surface area (Å²) in [4.78, 5) is 23.7. The van der Waals surface area contributed by atoms with Crippen molar-refractivity contribution in [2.24, 2.45) is 0 Å². The van der Waals surface area contributed by atoms with Gasteiger partial charge in [0.1, 0.15) is 0 Å². The van der Waals surface area contributed by atoms with E-state index in [4.69, 9.17) is 5.11 Å². The number of carbonyl (C=O) groups is 2. The highest BCUT2D eigenvalue weighted by molar-refractivity contribution is 9.09. The number of halogens is 1. The molecule has 5 heteroatoms. The first-order chi connectivity index (χ1) is 8.90. The van der Waals surface area contributed by atoms with Crippen LogP contribution in [0.3, 0.4) is 0 Å².